The highest BCUT2D eigenvalue weighted by atomic mass is 16.5. The molecule has 0 aliphatic heterocycles. The van der Waals surface area contributed by atoms with Crippen molar-refractivity contribution in [3.8, 4) is 6.07 Å². The van der Waals surface area contributed by atoms with Crippen molar-refractivity contribution in [1.29, 1.82) is 5.26 Å². The predicted molar refractivity (Wildman–Crippen MR) is 88.4 cm³/mol. The Balaban J connectivity index is 1.68. The van der Waals surface area contributed by atoms with Gasteiger partial charge in [0.25, 0.3) is 0 Å². The lowest BCUT2D eigenvalue weighted by molar-refractivity contribution is 0.0588. The van der Waals surface area contributed by atoms with Crippen molar-refractivity contribution in [2.75, 3.05) is 6.61 Å². The normalized spacial score (nSPS) is 23.9. The number of hydrogen-bond acceptors (Lipinski definition) is 5. The number of rotatable bonds is 5. The molecule has 7 heteroatoms. The molecule has 1 aliphatic rings. The third-order valence-corrected chi connectivity index (χ3v) is 5.04. The zero-order chi connectivity index (χ0) is 16.5. The number of fused-ring (bicyclic) bond motifs is 3. The van der Waals surface area contributed by atoms with Gasteiger partial charge in [0, 0.05) is 12.1 Å². The zero-order valence-corrected chi connectivity index (χ0v) is 13.6. The van der Waals surface area contributed by atoms with E-state index in [1.165, 1.54) is 0 Å². The molecule has 124 valence electrons. The van der Waals surface area contributed by atoms with Gasteiger partial charge in [-0.1, -0.05) is 13.3 Å². The summed E-state index contributed by atoms with van der Waals surface area (Å²) in [4.78, 5) is 7.52. The highest BCUT2D eigenvalue weighted by Gasteiger charge is 2.37. The summed E-state index contributed by atoms with van der Waals surface area (Å²) < 4.78 is 8.00. The molecule has 3 aromatic heterocycles. The molecule has 0 unspecified atom stereocenters. The average Bonchev–Trinajstić information content (AvgIpc) is 3.31. The number of nitrogens with one attached hydrogen (secondary N) is 1. The van der Waals surface area contributed by atoms with Gasteiger partial charge >= 0.3 is 0 Å². The Labute approximate surface area is 139 Å². The topological polar surface area (TPSA) is 91.9 Å². The summed E-state index contributed by atoms with van der Waals surface area (Å²) in [5.74, 6) is 1.83. The minimum Gasteiger partial charge on any atom is -0.377 e. The Bertz CT molecular complexity index is 891. The molecule has 1 fully saturated rings. The van der Waals surface area contributed by atoms with E-state index in [1.807, 2.05) is 12.3 Å². The number of aromatic amines is 1. The van der Waals surface area contributed by atoms with Crippen LogP contribution in [0.4, 0.5) is 0 Å². The van der Waals surface area contributed by atoms with Crippen LogP contribution in [0.15, 0.2) is 18.5 Å². The molecule has 3 heterocycles. The summed E-state index contributed by atoms with van der Waals surface area (Å²) in [6.45, 7) is 2.73. The Hall–Kier alpha value is -2.46. The lowest BCUT2D eigenvalue weighted by Crippen LogP contribution is -2.10. The van der Waals surface area contributed by atoms with Crippen molar-refractivity contribution in [3.63, 3.8) is 0 Å². The van der Waals surface area contributed by atoms with Crippen molar-refractivity contribution >= 4 is 16.8 Å². The van der Waals surface area contributed by atoms with Gasteiger partial charge in [0.05, 0.1) is 36.9 Å². The van der Waals surface area contributed by atoms with Crippen LogP contribution >= 0.6 is 0 Å². The van der Waals surface area contributed by atoms with Gasteiger partial charge in [0.15, 0.2) is 11.3 Å². The van der Waals surface area contributed by atoms with Gasteiger partial charge < -0.3 is 9.72 Å². The monoisotopic (exact) mass is 324 g/mol. The molecule has 0 amide bonds. The van der Waals surface area contributed by atoms with E-state index in [-0.39, 0.29) is 6.10 Å². The minimum absolute atomic E-state index is 0.198. The van der Waals surface area contributed by atoms with E-state index in [0.717, 1.165) is 41.9 Å². The molecule has 0 spiro atoms. The first-order chi connectivity index (χ1) is 11.8. The Morgan fingerprint density at radius 1 is 1.42 bits per heavy atom. The van der Waals surface area contributed by atoms with Crippen LogP contribution in [0.25, 0.3) is 16.8 Å². The average molecular weight is 324 g/mol. The predicted octanol–water partition coefficient (Wildman–Crippen LogP) is 2.81. The van der Waals surface area contributed by atoms with E-state index >= 15 is 0 Å². The largest absolute Gasteiger partial charge is 0.377 e. The summed E-state index contributed by atoms with van der Waals surface area (Å²) in [6.07, 6.45) is 7.32. The molecule has 0 bridgehead atoms. The Morgan fingerprint density at radius 2 is 2.33 bits per heavy atom. The van der Waals surface area contributed by atoms with Crippen LogP contribution in [0, 0.1) is 17.2 Å². The molecule has 1 N–H and O–H groups in total. The molecule has 24 heavy (non-hydrogen) atoms. The SMILES string of the molecule is CC[C@@H]1C[C@@H](OCCC#N)C[C@@H]1c1nnc2cnc3[nH]ccc3n12. The smallest absolute Gasteiger partial charge is 0.179 e. The van der Waals surface area contributed by atoms with Crippen molar-refractivity contribution in [3.05, 3.63) is 24.3 Å². The first-order valence-corrected chi connectivity index (χ1v) is 8.47. The molecule has 7 nitrogen and oxygen atoms in total. The number of hydrogen-bond donors (Lipinski definition) is 1. The Morgan fingerprint density at radius 3 is 3.17 bits per heavy atom. The van der Waals surface area contributed by atoms with E-state index in [9.17, 15) is 0 Å². The number of H-pyrrole nitrogens is 1. The van der Waals surface area contributed by atoms with Crippen LogP contribution in [0.1, 0.15) is 44.3 Å². The summed E-state index contributed by atoms with van der Waals surface area (Å²) >= 11 is 0. The van der Waals surface area contributed by atoms with Gasteiger partial charge in [0.2, 0.25) is 0 Å². The molecule has 1 saturated carbocycles. The quantitative estimate of drug-likeness (QED) is 0.729. The Kier molecular flexibility index (Phi) is 3.90. The van der Waals surface area contributed by atoms with Crippen LogP contribution in [-0.4, -0.2) is 37.3 Å². The maximum absolute atomic E-state index is 8.68. The summed E-state index contributed by atoms with van der Waals surface area (Å²) in [7, 11) is 0. The van der Waals surface area contributed by atoms with Gasteiger partial charge in [-0.25, -0.2) is 4.98 Å². The van der Waals surface area contributed by atoms with E-state index in [1.54, 1.807) is 6.20 Å². The second kappa shape index (κ2) is 6.21. The molecular weight excluding hydrogens is 304 g/mol. The van der Waals surface area contributed by atoms with Gasteiger partial charge in [-0.05, 0) is 24.8 Å². The highest BCUT2D eigenvalue weighted by Crippen LogP contribution is 2.42. The van der Waals surface area contributed by atoms with E-state index in [4.69, 9.17) is 10.00 Å². The van der Waals surface area contributed by atoms with Crippen molar-refractivity contribution in [2.45, 2.75) is 44.6 Å². The van der Waals surface area contributed by atoms with Crippen molar-refractivity contribution in [1.82, 2.24) is 24.6 Å². The third-order valence-electron chi connectivity index (χ3n) is 5.04. The van der Waals surface area contributed by atoms with Gasteiger partial charge in [-0.3, -0.25) is 4.40 Å². The van der Waals surface area contributed by atoms with Crippen LogP contribution in [-0.2, 0) is 4.74 Å². The first-order valence-electron chi connectivity index (χ1n) is 8.47. The lowest BCUT2D eigenvalue weighted by atomic mass is 9.93. The lowest BCUT2D eigenvalue weighted by Gasteiger charge is -2.15. The number of nitriles is 1. The van der Waals surface area contributed by atoms with Crippen LogP contribution < -0.4 is 0 Å². The molecule has 4 rings (SSSR count). The van der Waals surface area contributed by atoms with Crippen LogP contribution in [0.5, 0.6) is 0 Å². The van der Waals surface area contributed by atoms with Crippen molar-refractivity contribution in [2.24, 2.45) is 5.92 Å². The molecule has 3 atom stereocenters. The summed E-state index contributed by atoms with van der Waals surface area (Å²) in [6, 6.07) is 4.15. The summed E-state index contributed by atoms with van der Waals surface area (Å²) in [5, 5.41) is 17.5. The van der Waals surface area contributed by atoms with Crippen LogP contribution in [0.3, 0.4) is 0 Å². The molecular formula is C17H20N6O. The fourth-order valence-electron chi connectivity index (χ4n) is 3.89. The first kappa shape index (κ1) is 15.1. The second-order valence-electron chi connectivity index (χ2n) is 6.37. The maximum Gasteiger partial charge on any atom is 0.179 e. The molecule has 0 saturated heterocycles. The maximum atomic E-state index is 8.68. The fourth-order valence-corrected chi connectivity index (χ4v) is 3.89. The number of aromatic nitrogens is 5. The van der Waals surface area contributed by atoms with Crippen LogP contribution in [0.2, 0.25) is 0 Å². The van der Waals surface area contributed by atoms with Crippen molar-refractivity contribution < 1.29 is 4.74 Å². The van der Waals surface area contributed by atoms with E-state index in [2.05, 4.69) is 37.6 Å². The molecule has 0 aromatic carbocycles. The number of nitrogens with zero attached hydrogens (tertiary/aromatic N) is 5. The van der Waals surface area contributed by atoms with Gasteiger partial charge in [0.1, 0.15) is 5.82 Å². The zero-order valence-electron chi connectivity index (χ0n) is 13.6. The molecule has 0 radical (unpaired) electrons. The highest BCUT2D eigenvalue weighted by molar-refractivity contribution is 5.74. The number of ether oxygens (including phenoxy) is 1. The standard InChI is InChI=1S/C17H20N6O/c1-2-11-8-12(24-7-3-5-18)9-13(11)17-22-21-15-10-20-16-14(23(15)17)4-6-19-16/h4,6,10-13,19H,2-3,7-9H2,1H3/t11-,12-,13+/m1/s1. The van der Waals surface area contributed by atoms with E-state index < -0.39 is 0 Å². The van der Waals surface area contributed by atoms with Gasteiger partial charge in [-0.2, -0.15) is 5.26 Å². The minimum atomic E-state index is 0.198. The van der Waals surface area contributed by atoms with E-state index in [0.29, 0.717) is 24.9 Å². The molecule has 3 aromatic rings. The summed E-state index contributed by atoms with van der Waals surface area (Å²) in [5.41, 5.74) is 2.63. The fraction of sp³-hybridized carbons (Fsp3) is 0.529. The third kappa shape index (κ3) is 2.43. The molecule has 1 aliphatic carbocycles. The second-order valence-corrected chi connectivity index (χ2v) is 6.37. The van der Waals surface area contributed by atoms with Gasteiger partial charge in [-0.15, -0.1) is 10.2 Å².